The summed E-state index contributed by atoms with van der Waals surface area (Å²) in [6, 6.07) is 16.7. The summed E-state index contributed by atoms with van der Waals surface area (Å²) in [5, 5.41) is 25.4. The molecule has 1 fully saturated rings. The number of aromatic amines is 1. The second-order valence-corrected chi connectivity index (χ2v) is 13.1. The molecule has 0 radical (unpaired) electrons. The number of esters is 2. The number of nitro benzene ring substituents is 1. The van der Waals surface area contributed by atoms with E-state index in [-0.39, 0.29) is 40.7 Å². The molecule has 0 saturated carbocycles. The summed E-state index contributed by atoms with van der Waals surface area (Å²) in [5.41, 5.74) is 0.818. The Balaban J connectivity index is 1.17. The first-order valence-electron chi connectivity index (χ1n) is 16.3. The number of nitrogens with zero attached hydrogens (tertiary/aromatic N) is 3. The lowest BCUT2D eigenvalue weighted by Gasteiger charge is -2.49. The van der Waals surface area contributed by atoms with Crippen LogP contribution in [0.1, 0.15) is 43.7 Å². The van der Waals surface area contributed by atoms with Crippen LogP contribution in [0.3, 0.4) is 0 Å². The van der Waals surface area contributed by atoms with Crippen molar-refractivity contribution >= 4 is 59.3 Å². The Bertz CT molecular complexity index is 2200. The number of imidazole rings is 1. The van der Waals surface area contributed by atoms with Gasteiger partial charge >= 0.3 is 17.9 Å². The number of non-ortho nitro benzene ring substituents is 1. The smallest absolute Gasteiger partial charge is 0.356 e. The minimum absolute atomic E-state index is 0.00313. The molecule has 19 heteroatoms. The second kappa shape index (κ2) is 16.3. The van der Waals surface area contributed by atoms with Crippen LogP contribution in [0.25, 0.3) is 0 Å². The van der Waals surface area contributed by atoms with Crippen molar-refractivity contribution in [2.45, 2.75) is 23.9 Å². The number of benzene rings is 3. The van der Waals surface area contributed by atoms with Gasteiger partial charge in [0.25, 0.3) is 11.6 Å². The highest BCUT2D eigenvalue weighted by Gasteiger charge is 2.54. The van der Waals surface area contributed by atoms with Gasteiger partial charge in [0.15, 0.2) is 0 Å². The van der Waals surface area contributed by atoms with Crippen LogP contribution < -0.4 is 15.4 Å². The van der Waals surface area contributed by atoms with Gasteiger partial charge in [-0.1, -0.05) is 24.3 Å². The van der Waals surface area contributed by atoms with Crippen molar-refractivity contribution in [3.63, 3.8) is 0 Å². The molecule has 3 aromatic carbocycles. The lowest BCUT2D eigenvalue weighted by molar-refractivity contribution is -0.384. The van der Waals surface area contributed by atoms with Crippen molar-refractivity contribution in [3.8, 4) is 5.75 Å². The number of rotatable bonds is 15. The topological polar surface area (TPSA) is 249 Å². The van der Waals surface area contributed by atoms with Crippen molar-refractivity contribution in [2.24, 2.45) is 0 Å². The van der Waals surface area contributed by atoms with Crippen LogP contribution in [-0.2, 0) is 35.3 Å². The molecule has 282 valence electrons. The third kappa shape index (κ3) is 8.15. The summed E-state index contributed by atoms with van der Waals surface area (Å²) in [4.78, 5) is 95.0. The van der Waals surface area contributed by atoms with Gasteiger partial charge < -0.3 is 34.9 Å². The molecule has 2 aliphatic heterocycles. The summed E-state index contributed by atoms with van der Waals surface area (Å²) in [7, 11) is 1.53. The molecule has 4 N–H and O–H groups in total. The molecule has 18 nitrogen and oxygen atoms in total. The van der Waals surface area contributed by atoms with Crippen molar-refractivity contribution in [1.82, 2.24) is 20.2 Å². The SMILES string of the molecule is COc1ccc(COC(=O)c2cnc(C(C(=O)N[C@@H]3C(=O)N4C(C(=O)O)=C(COC(=O)c5ccc([N+](=O)[O-])cc5)CS[C@@H]34)c3cccc(NC=O)c3)[nH]2)cc1. The van der Waals surface area contributed by atoms with Gasteiger partial charge in [-0.05, 0) is 47.5 Å². The van der Waals surface area contributed by atoms with E-state index in [2.05, 4.69) is 20.6 Å². The summed E-state index contributed by atoms with van der Waals surface area (Å²) in [6.45, 7) is -0.537. The lowest BCUT2D eigenvalue weighted by atomic mass is 9.95. The van der Waals surface area contributed by atoms with Crippen molar-refractivity contribution in [2.75, 3.05) is 24.8 Å². The van der Waals surface area contributed by atoms with E-state index in [0.29, 0.717) is 29.0 Å². The number of carboxylic acids is 1. The fourth-order valence-electron chi connectivity index (χ4n) is 5.83. The molecule has 0 bridgehead atoms. The first-order valence-corrected chi connectivity index (χ1v) is 17.3. The number of anilines is 1. The Hall–Kier alpha value is -7.02. The standard InChI is InChI=1S/C36H30N6O12S/c1-52-25-11-5-19(6-12-25)15-53-36(49)26-14-37-30(39-26)27(21-3-2-4-23(13-21)38-18-43)31(44)40-28-32(45)41-29(34(46)47)22(17-55-33(28)41)16-54-35(48)20-7-9-24(10-8-20)42(50)51/h2-14,18,27-28,33H,15-17H2,1H3,(H,37,39)(H,38,43)(H,40,44)(H,46,47)/t27?,28-,33+/m1/s1. The number of carbonyl (C=O) groups excluding carboxylic acids is 5. The molecule has 1 saturated heterocycles. The normalized spacial score (nSPS) is 16.5. The summed E-state index contributed by atoms with van der Waals surface area (Å²) in [6.07, 6.45) is 1.66. The Morgan fingerprint density at radius 1 is 1.07 bits per heavy atom. The molecule has 0 spiro atoms. The number of amides is 3. The zero-order valence-corrected chi connectivity index (χ0v) is 29.4. The molecule has 1 aromatic heterocycles. The number of β-lactam (4-membered cyclic amide) rings is 1. The van der Waals surface area contributed by atoms with Gasteiger partial charge in [0.1, 0.15) is 53.5 Å². The largest absolute Gasteiger partial charge is 0.497 e. The van der Waals surface area contributed by atoms with Crippen LogP contribution in [0.15, 0.2) is 90.3 Å². The van der Waals surface area contributed by atoms with E-state index >= 15 is 0 Å². The number of H-pyrrole nitrogens is 1. The molecule has 3 heterocycles. The van der Waals surface area contributed by atoms with Crippen LogP contribution in [0.2, 0.25) is 0 Å². The molecule has 3 amide bonds. The Morgan fingerprint density at radius 2 is 1.80 bits per heavy atom. The van der Waals surface area contributed by atoms with Gasteiger partial charge in [-0.2, -0.15) is 0 Å². The average molecular weight is 771 g/mol. The number of carboxylic acid groups (broad SMARTS) is 1. The van der Waals surface area contributed by atoms with Crippen molar-refractivity contribution < 1.29 is 53.0 Å². The Kier molecular flexibility index (Phi) is 11.2. The van der Waals surface area contributed by atoms with Crippen LogP contribution in [0.5, 0.6) is 5.75 Å². The monoisotopic (exact) mass is 770 g/mol. The van der Waals surface area contributed by atoms with Crippen LogP contribution in [0.4, 0.5) is 11.4 Å². The molecule has 0 aliphatic carbocycles. The van der Waals surface area contributed by atoms with E-state index in [1.165, 1.54) is 31.5 Å². The third-order valence-corrected chi connectivity index (χ3v) is 9.90. The third-order valence-electron chi connectivity index (χ3n) is 8.56. The average Bonchev–Trinajstić information content (AvgIpc) is 3.68. The molecular formula is C36H30N6O12S. The molecule has 3 atom stereocenters. The molecular weight excluding hydrogens is 740 g/mol. The molecule has 2 aliphatic rings. The zero-order chi connectivity index (χ0) is 39.2. The van der Waals surface area contributed by atoms with Gasteiger partial charge in [-0.25, -0.2) is 19.4 Å². The number of aliphatic carboxylic acids is 1. The fourth-order valence-corrected chi connectivity index (χ4v) is 7.16. The minimum Gasteiger partial charge on any atom is -0.497 e. The summed E-state index contributed by atoms with van der Waals surface area (Å²) < 4.78 is 15.8. The Morgan fingerprint density at radius 3 is 2.47 bits per heavy atom. The number of nitro groups is 1. The van der Waals surface area contributed by atoms with Gasteiger partial charge in [-0.3, -0.25) is 29.4 Å². The van der Waals surface area contributed by atoms with E-state index in [0.717, 1.165) is 28.8 Å². The van der Waals surface area contributed by atoms with Gasteiger partial charge in [0.2, 0.25) is 12.3 Å². The maximum Gasteiger partial charge on any atom is 0.356 e. The van der Waals surface area contributed by atoms with E-state index in [4.69, 9.17) is 14.2 Å². The number of ether oxygens (including phenoxy) is 3. The van der Waals surface area contributed by atoms with Crippen LogP contribution in [-0.4, -0.2) is 91.9 Å². The van der Waals surface area contributed by atoms with Crippen molar-refractivity contribution in [1.29, 1.82) is 0 Å². The predicted octanol–water partition coefficient (Wildman–Crippen LogP) is 2.98. The summed E-state index contributed by atoms with van der Waals surface area (Å²) >= 11 is 1.14. The first-order chi connectivity index (χ1) is 26.5. The lowest BCUT2D eigenvalue weighted by Crippen LogP contribution is -2.71. The fraction of sp³-hybridized carbons (Fsp3) is 0.194. The van der Waals surface area contributed by atoms with Crippen LogP contribution >= 0.6 is 11.8 Å². The molecule has 6 rings (SSSR count). The number of methoxy groups -OCH3 is 1. The zero-order valence-electron chi connectivity index (χ0n) is 28.6. The van der Waals surface area contributed by atoms with E-state index in [1.807, 2.05) is 0 Å². The number of aromatic nitrogens is 2. The van der Waals surface area contributed by atoms with E-state index in [9.17, 15) is 44.0 Å². The quantitative estimate of drug-likeness (QED) is 0.0446. The van der Waals surface area contributed by atoms with Crippen LogP contribution in [0, 0.1) is 10.1 Å². The molecule has 1 unspecified atom stereocenters. The summed E-state index contributed by atoms with van der Waals surface area (Å²) in [5.74, 6) is -5.09. The second-order valence-electron chi connectivity index (χ2n) is 12.0. The van der Waals surface area contributed by atoms with Gasteiger partial charge in [0, 0.05) is 29.1 Å². The number of hydrogen-bond donors (Lipinski definition) is 4. The van der Waals surface area contributed by atoms with E-state index < -0.39 is 64.3 Å². The highest BCUT2D eigenvalue weighted by atomic mass is 32.2. The minimum atomic E-state index is -1.45. The first kappa shape index (κ1) is 37.7. The maximum atomic E-state index is 14.0. The van der Waals surface area contributed by atoms with Gasteiger partial charge in [0.05, 0.1) is 23.8 Å². The maximum absolute atomic E-state index is 14.0. The number of hydrogen-bond acceptors (Lipinski definition) is 13. The highest BCUT2D eigenvalue weighted by Crippen LogP contribution is 2.41. The number of thioether (sulfide) groups is 1. The Labute approximate surface area is 315 Å². The number of nitrogens with one attached hydrogen (secondary N) is 3. The number of fused-ring (bicyclic) bond motifs is 1. The van der Waals surface area contributed by atoms with Crippen molar-refractivity contribution in [3.05, 3.63) is 129 Å². The van der Waals surface area contributed by atoms with Gasteiger partial charge in [-0.15, -0.1) is 11.8 Å². The number of carbonyl (C=O) groups is 6. The molecule has 4 aromatic rings. The predicted molar refractivity (Wildman–Crippen MR) is 192 cm³/mol. The van der Waals surface area contributed by atoms with E-state index in [1.54, 1.807) is 42.5 Å². The molecule has 55 heavy (non-hydrogen) atoms. The highest BCUT2D eigenvalue weighted by molar-refractivity contribution is 8.00.